The Balaban J connectivity index is 1.03. The summed E-state index contributed by atoms with van der Waals surface area (Å²) in [6.45, 7) is 17.7. The zero-order valence-electron chi connectivity index (χ0n) is 61.7. The largest absolute Gasteiger partial charge is 0.439 e. The Hall–Kier alpha value is -12.8. The molecule has 12 aromatic carbocycles. The minimum absolute atomic E-state index is 0.650. The van der Waals surface area contributed by atoms with Gasteiger partial charge in [-0.1, -0.05) is 225 Å². The molecule has 0 amide bonds. The predicted molar refractivity (Wildman–Crippen MR) is 442 cm³/mol. The smallest absolute Gasteiger partial charge is 0.211 e. The molecular weight excluding hydrogens is 1340 g/mol. The lowest BCUT2D eigenvalue weighted by molar-refractivity contribution is 0.575. The summed E-state index contributed by atoms with van der Waals surface area (Å²) in [5.74, 6) is 5.20. The number of para-hydroxylation sites is 8. The van der Waals surface area contributed by atoms with Crippen LogP contribution in [-0.2, 0) is 51.4 Å². The summed E-state index contributed by atoms with van der Waals surface area (Å²) in [4.78, 5) is 9.16. The average Bonchev–Trinajstić information content (AvgIpc) is 0.948. The number of furan rings is 8. The molecule has 0 saturated heterocycles. The molecule has 0 unspecified atom stereocenters. The van der Waals surface area contributed by atoms with E-state index in [4.69, 9.17) is 35.3 Å². The van der Waals surface area contributed by atoms with Crippen molar-refractivity contribution >= 4 is 190 Å². The maximum absolute atomic E-state index is 7.51. The Morgan fingerprint density at radius 2 is 0.315 bits per heavy atom. The second kappa shape index (κ2) is 25.5. The molecule has 0 radical (unpaired) electrons. The molecule has 20 aromatic rings. The van der Waals surface area contributed by atoms with Crippen LogP contribution in [0.3, 0.4) is 0 Å². The van der Waals surface area contributed by atoms with Crippen molar-refractivity contribution in [2.24, 2.45) is 0 Å². The first-order chi connectivity index (χ1) is 53.3. The van der Waals surface area contributed by atoms with E-state index in [9.17, 15) is 0 Å². The van der Waals surface area contributed by atoms with Crippen LogP contribution < -0.4 is 19.6 Å². The second-order valence-electron chi connectivity index (χ2n) is 28.1. The van der Waals surface area contributed by atoms with E-state index in [0.717, 1.165) is 187 Å². The Kier molecular flexibility index (Phi) is 15.3. The van der Waals surface area contributed by atoms with Gasteiger partial charge in [-0.3, -0.25) is 0 Å². The van der Waals surface area contributed by atoms with Crippen molar-refractivity contribution in [2.75, 3.05) is 19.6 Å². The first kappa shape index (κ1) is 64.8. The third-order valence-electron chi connectivity index (χ3n) is 22.6. The molecule has 0 aliphatic rings. The molecule has 12 heteroatoms. The molecule has 0 aliphatic carbocycles. The van der Waals surface area contributed by atoms with Gasteiger partial charge in [-0.15, -0.1) is 0 Å². The molecular formula is C96H78N4O8. The second-order valence-corrected chi connectivity index (χ2v) is 28.1. The van der Waals surface area contributed by atoms with Crippen LogP contribution in [0.4, 0.5) is 69.8 Å². The van der Waals surface area contributed by atoms with E-state index in [1.54, 1.807) is 0 Å². The third-order valence-corrected chi connectivity index (χ3v) is 22.6. The van der Waals surface area contributed by atoms with Gasteiger partial charge >= 0.3 is 0 Å². The molecule has 8 aromatic heterocycles. The Labute approximate surface area is 623 Å². The van der Waals surface area contributed by atoms with Crippen molar-refractivity contribution in [3.05, 3.63) is 275 Å². The van der Waals surface area contributed by atoms with E-state index in [1.807, 2.05) is 0 Å². The van der Waals surface area contributed by atoms with Crippen molar-refractivity contribution in [3.8, 4) is 0 Å². The van der Waals surface area contributed by atoms with Gasteiger partial charge in [-0.25, -0.2) is 19.6 Å². The topological polar surface area (TPSA) is 118 Å². The summed E-state index contributed by atoms with van der Waals surface area (Å²) in [6.07, 6.45) is 5.20. The quantitative estimate of drug-likeness (QED) is 0.0676. The zero-order chi connectivity index (χ0) is 72.7. The fourth-order valence-electron chi connectivity index (χ4n) is 17.8. The minimum atomic E-state index is 0.650. The maximum atomic E-state index is 7.51. The molecule has 0 N–H and O–H groups in total. The molecule has 0 bridgehead atoms. The predicted octanol–water partition coefficient (Wildman–Crippen LogP) is 28.9. The number of hydrogen-bond donors (Lipinski definition) is 0. The lowest BCUT2D eigenvalue weighted by Crippen LogP contribution is -2.17. The molecule has 530 valence electrons. The van der Waals surface area contributed by atoms with Crippen LogP contribution in [0.1, 0.15) is 99.9 Å². The molecule has 12 nitrogen and oxygen atoms in total. The van der Waals surface area contributed by atoms with Gasteiger partial charge in [-0.05, 0) is 112 Å². The molecule has 0 saturated carbocycles. The number of anilines is 12. The van der Waals surface area contributed by atoms with Gasteiger partial charge in [0.2, 0.25) is 47.1 Å². The van der Waals surface area contributed by atoms with Crippen molar-refractivity contribution in [1.29, 1.82) is 0 Å². The highest BCUT2D eigenvalue weighted by Crippen LogP contribution is 2.60. The van der Waals surface area contributed by atoms with Crippen LogP contribution in [0.15, 0.2) is 266 Å². The molecule has 108 heavy (non-hydrogen) atoms. The molecule has 20 rings (SSSR count). The van der Waals surface area contributed by atoms with Gasteiger partial charge in [0.05, 0.1) is 22.7 Å². The normalized spacial score (nSPS) is 12.2. The van der Waals surface area contributed by atoms with E-state index >= 15 is 0 Å². The van der Waals surface area contributed by atoms with Crippen molar-refractivity contribution < 1.29 is 35.3 Å². The van der Waals surface area contributed by atoms with E-state index in [0.29, 0.717) is 98.4 Å². The standard InChI is InChI=1S/C96H78N4O8/c1-9-55-63-33-17-25-41-79(63)101-89(55)97(90-56(10-2)64-34-18-26-42-80(64)102-90)75-53-76(98(91-57(11-3)65-35-19-27-43-81(65)103-91)92-58(12-4)66-36-20-28-44-82(66)104-92)72-51-52-74-78(100(95-61(15-7)69-39-23-31-47-85(69)107-95)96-62(16-8)70-40-24-32-48-86(70)108-96)54-77(73-50-49-71(75)87(72)88(73)74)99(93-59(13-5)67-37-21-29-45-83(67)105-93)94-60(14-6)68-38-22-30-46-84(68)106-94/h17-54H,9-16H2,1-8H3. The minimum Gasteiger partial charge on any atom is -0.439 e. The van der Waals surface area contributed by atoms with Crippen LogP contribution in [0.2, 0.25) is 0 Å². The maximum Gasteiger partial charge on any atom is 0.211 e. The summed E-state index contributed by atoms with van der Waals surface area (Å²) >= 11 is 0. The molecule has 0 spiro atoms. The number of aryl methyl sites for hydroxylation is 8. The lowest BCUT2D eigenvalue weighted by atomic mass is 9.89. The van der Waals surface area contributed by atoms with Crippen LogP contribution in [0, 0.1) is 0 Å². The van der Waals surface area contributed by atoms with E-state index < -0.39 is 0 Å². The molecule has 0 atom stereocenters. The summed E-state index contributed by atoms with van der Waals surface area (Å²) in [6, 6.07) is 81.2. The zero-order valence-corrected chi connectivity index (χ0v) is 61.7. The molecule has 8 heterocycles. The Bertz CT molecular complexity index is 5790. The number of fused-ring (bicyclic) bond motifs is 8. The third kappa shape index (κ3) is 9.47. The number of benzene rings is 12. The van der Waals surface area contributed by atoms with Gasteiger partial charge in [0.25, 0.3) is 0 Å². The first-order valence-corrected chi connectivity index (χ1v) is 38.3. The summed E-state index contributed by atoms with van der Waals surface area (Å²) in [5.41, 5.74) is 17.6. The fourth-order valence-corrected chi connectivity index (χ4v) is 17.8. The van der Waals surface area contributed by atoms with Gasteiger partial charge in [-0.2, -0.15) is 0 Å². The van der Waals surface area contributed by atoms with E-state index in [1.165, 1.54) is 0 Å². The Morgan fingerprint density at radius 3 is 0.454 bits per heavy atom. The lowest BCUT2D eigenvalue weighted by Gasteiger charge is -2.32. The summed E-state index contributed by atoms with van der Waals surface area (Å²) in [5, 5.41) is 13.8. The van der Waals surface area contributed by atoms with Crippen LogP contribution in [-0.4, -0.2) is 0 Å². The van der Waals surface area contributed by atoms with E-state index in [2.05, 4.69) is 306 Å². The van der Waals surface area contributed by atoms with Crippen molar-refractivity contribution in [1.82, 2.24) is 0 Å². The van der Waals surface area contributed by atoms with Gasteiger partial charge < -0.3 is 35.3 Å². The van der Waals surface area contributed by atoms with Crippen molar-refractivity contribution in [3.63, 3.8) is 0 Å². The van der Waals surface area contributed by atoms with Gasteiger partial charge in [0.1, 0.15) is 44.7 Å². The number of nitrogens with zero attached hydrogens (tertiary/aromatic N) is 4. The highest BCUT2D eigenvalue weighted by atomic mass is 16.4. The highest BCUT2D eigenvalue weighted by molar-refractivity contribution is 6.33. The van der Waals surface area contributed by atoms with Crippen LogP contribution in [0.5, 0.6) is 0 Å². The Morgan fingerprint density at radius 1 is 0.176 bits per heavy atom. The number of rotatable bonds is 20. The summed E-state index contributed by atoms with van der Waals surface area (Å²) in [7, 11) is 0. The van der Waals surface area contributed by atoms with Crippen LogP contribution >= 0.6 is 0 Å². The first-order valence-electron chi connectivity index (χ1n) is 38.3. The van der Waals surface area contributed by atoms with Gasteiger partial charge in [0, 0.05) is 120 Å². The van der Waals surface area contributed by atoms with E-state index in [-0.39, 0.29) is 0 Å². The fraction of sp³-hybridized carbons (Fsp3) is 0.167. The highest BCUT2D eigenvalue weighted by Gasteiger charge is 2.39. The average molecular weight is 1420 g/mol. The van der Waals surface area contributed by atoms with Crippen LogP contribution in [0.25, 0.3) is 120 Å². The van der Waals surface area contributed by atoms with Crippen molar-refractivity contribution in [2.45, 2.75) is 107 Å². The van der Waals surface area contributed by atoms with Gasteiger partial charge in [0.15, 0.2) is 0 Å². The number of hydrogen-bond acceptors (Lipinski definition) is 12. The SMILES string of the molecule is CCc1c(N(c2oc3ccccc3c2CC)c2cc(N(c3oc4ccccc4c3CC)c3oc4ccccc4c3CC)c3ccc4c(N(c5oc6ccccc6c5CC)c5oc6ccccc6c5CC)cc(N(c5oc6ccccc6c5CC)c5oc6ccccc6c5CC)c5ccc2c3c54)oc2ccccc12. The monoisotopic (exact) mass is 1410 g/mol. The summed E-state index contributed by atoms with van der Waals surface area (Å²) < 4.78 is 60.1. The molecule has 0 aliphatic heterocycles. The molecule has 0 fully saturated rings.